The highest BCUT2D eigenvalue weighted by molar-refractivity contribution is 6.31. The number of nitrogens with one attached hydrogen (secondary N) is 1. The van der Waals surface area contributed by atoms with Gasteiger partial charge in [0, 0.05) is 29.2 Å². The molecule has 1 N–H and O–H groups in total. The maximum atomic E-state index is 6.24. The second-order valence-electron chi connectivity index (χ2n) is 5.12. The van der Waals surface area contributed by atoms with Crippen LogP contribution in [0.5, 0.6) is 0 Å². The fraction of sp³-hybridized carbons (Fsp3) is 0.167. The highest BCUT2D eigenvalue weighted by Crippen LogP contribution is 2.23. The van der Waals surface area contributed by atoms with E-state index in [1.165, 1.54) is 10.9 Å². The Kier molecular flexibility index (Phi) is 4.18. The van der Waals surface area contributed by atoms with Crippen molar-refractivity contribution in [3.05, 3.63) is 76.9 Å². The molecule has 2 aromatic carbocycles. The standard InChI is InChI=1S/C18H17ClN2/c1-13(16-9-2-3-10-17(16)19)21-12-15-7-4-6-14-8-5-11-20-18(14)15/h2-11,13,21H,12H2,1H3/t13-/m0/s1. The summed E-state index contributed by atoms with van der Waals surface area (Å²) in [5.41, 5.74) is 3.37. The normalized spacial score (nSPS) is 12.5. The summed E-state index contributed by atoms with van der Waals surface area (Å²) in [5, 5.41) is 5.49. The van der Waals surface area contributed by atoms with Crippen LogP contribution in [0.15, 0.2) is 60.8 Å². The van der Waals surface area contributed by atoms with Crippen LogP contribution in [0.25, 0.3) is 10.9 Å². The fourth-order valence-electron chi connectivity index (χ4n) is 2.51. The third kappa shape index (κ3) is 3.07. The number of halogens is 1. The van der Waals surface area contributed by atoms with E-state index in [0.29, 0.717) is 0 Å². The summed E-state index contributed by atoms with van der Waals surface area (Å²) < 4.78 is 0. The van der Waals surface area contributed by atoms with Crippen molar-refractivity contribution in [2.24, 2.45) is 0 Å². The van der Waals surface area contributed by atoms with Gasteiger partial charge in [0.2, 0.25) is 0 Å². The maximum absolute atomic E-state index is 6.24. The van der Waals surface area contributed by atoms with E-state index in [9.17, 15) is 0 Å². The molecule has 0 unspecified atom stereocenters. The number of nitrogens with zero attached hydrogens (tertiary/aromatic N) is 1. The van der Waals surface area contributed by atoms with Crippen LogP contribution in [0.3, 0.4) is 0 Å². The number of aromatic nitrogens is 1. The Morgan fingerprint density at radius 2 is 1.86 bits per heavy atom. The molecule has 3 heteroatoms. The zero-order valence-electron chi connectivity index (χ0n) is 11.9. The zero-order valence-corrected chi connectivity index (χ0v) is 12.6. The van der Waals surface area contributed by atoms with Gasteiger partial charge in [0.1, 0.15) is 0 Å². The van der Waals surface area contributed by atoms with Crippen molar-refractivity contribution < 1.29 is 0 Å². The number of hydrogen-bond donors (Lipinski definition) is 1. The lowest BCUT2D eigenvalue weighted by Crippen LogP contribution is -2.18. The van der Waals surface area contributed by atoms with Crippen molar-refractivity contribution in [2.75, 3.05) is 0 Å². The smallest absolute Gasteiger partial charge is 0.0746 e. The number of benzene rings is 2. The highest BCUT2D eigenvalue weighted by Gasteiger charge is 2.09. The predicted octanol–water partition coefficient (Wildman–Crippen LogP) is 4.74. The minimum absolute atomic E-state index is 0.192. The molecular formula is C18H17ClN2. The molecule has 3 aromatic rings. The molecule has 0 saturated heterocycles. The molecule has 1 aromatic heterocycles. The first-order valence-corrected chi connectivity index (χ1v) is 7.44. The molecule has 3 rings (SSSR count). The van der Waals surface area contributed by atoms with Crippen molar-refractivity contribution in [1.82, 2.24) is 10.3 Å². The molecule has 0 aliphatic heterocycles. The number of fused-ring (bicyclic) bond motifs is 1. The molecule has 0 spiro atoms. The summed E-state index contributed by atoms with van der Waals surface area (Å²) >= 11 is 6.24. The molecule has 0 radical (unpaired) electrons. The van der Waals surface area contributed by atoms with Gasteiger partial charge in [-0.15, -0.1) is 0 Å². The summed E-state index contributed by atoms with van der Waals surface area (Å²) in [7, 11) is 0. The van der Waals surface area contributed by atoms with Crippen molar-refractivity contribution in [1.29, 1.82) is 0 Å². The molecule has 2 nitrogen and oxygen atoms in total. The van der Waals surface area contributed by atoms with Crippen molar-refractivity contribution in [2.45, 2.75) is 19.5 Å². The van der Waals surface area contributed by atoms with Gasteiger partial charge in [-0.3, -0.25) is 4.98 Å². The van der Waals surface area contributed by atoms with Crippen molar-refractivity contribution in [3.63, 3.8) is 0 Å². The molecule has 0 aliphatic rings. The Bertz CT molecular complexity index is 750. The SMILES string of the molecule is C[C@H](NCc1cccc2cccnc12)c1ccccc1Cl. The van der Waals surface area contributed by atoms with Crippen LogP contribution in [-0.2, 0) is 6.54 Å². The van der Waals surface area contributed by atoms with Gasteiger partial charge in [-0.25, -0.2) is 0 Å². The lowest BCUT2D eigenvalue weighted by Gasteiger charge is -2.16. The highest BCUT2D eigenvalue weighted by atomic mass is 35.5. The van der Waals surface area contributed by atoms with Crippen LogP contribution < -0.4 is 5.32 Å². The van der Waals surface area contributed by atoms with Crippen LogP contribution in [0, 0.1) is 0 Å². The third-order valence-corrected chi connectivity index (χ3v) is 4.03. The van der Waals surface area contributed by atoms with Crippen LogP contribution >= 0.6 is 11.6 Å². The Morgan fingerprint density at radius 3 is 2.71 bits per heavy atom. The van der Waals surface area contributed by atoms with Gasteiger partial charge in [0.15, 0.2) is 0 Å². The van der Waals surface area contributed by atoms with Gasteiger partial charge < -0.3 is 5.32 Å². The van der Waals surface area contributed by atoms with Crippen molar-refractivity contribution in [3.8, 4) is 0 Å². The molecule has 0 aliphatic carbocycles. The second-order valence-corrected chi connectivity index (χ2v) is 5.52. The summed E-state index contributed by atoms with van der Waals surface area (Å²) in [4.78, 5) is 4.48. The maximum Gasteiger partial charge on any atom is 0.0746 e. The lowest BCUT2D eigenvalue weighted by molar-refractivity contribution is 0.576. The Hall–Kier alpha value is -1.90. The number of hydrogen-bond acceptors (Lipinski definition) is 2. The largest absolute Gasteiger partial charge is 0.306 e. The first-order chi connectivity index (χ1) is 10.3. The van der Waals surface area contributed by atoms with Crippen LogP contribution in [0.4, 0.5) is 0 Å². The second kappa shape index (κ2) is 6.25. The molecule has 0 amide bonds. The Balaban J connectivity index is 1.79. The minimum atomic E-state index is 0.192. The molecule has 1 atom stereocenters. The number of para-hydroxylation sites is 1. The van der Waals surface area contributed by atoms with E-state index in [1.54, 1.807) is 0 Å². The average Bonchev–Trinajstić information content (AvgIpc) is 2.53. The van der Waals surface area contributed by atoms with Crippen LogP contribution in [0.1, 0.15) is 24.1 Å². The fourth-order valence-corrected chi connectivity index (χ4v) is 2.81. The van der Waals surface area contributed by atoms with E-state index in [1.807, 2.05) is 30.5 Å². The summed E-state index contributed by atoms with van der Waals surface area (Å²) in [6.45, 7) is 2.89. The van der Waals surface area contributed by atoms with E-state index in [-0.39, 0.29) is 6.04 Å². The molecule has 0 bridgehead atoms. The molecule has 21 heavy (non-hydrogen) atoms. The number of pyridine rings is 1. The number of rotatable bonds is 4. The van der Waals surface area contributed by atoms with E-state index in [4.69, 9.17) is 11.6 Å². The third-order valence-electron chi connectivity index (χ3n) is 3.69. The predicted molar refractivity (Wildman–Crippen MR) is 88.4 cm³/mol. The first-order valence-electron chi connectivity index (χ1n) is 7.06. The minimum Gasteiger partial charge on any atom is -0.306 e. The summed E-state index contributed by atoms with van der Waals surface area (Å²) in [5.74, 6) is 0. The van der Waals surface area contributed by atoms with Crippen molar-refractivity contribution >= 4 is 22.5 Å². The van der Waals surface area contributed by atoms with Gasteiger partial charge in [0.25, 0.3) is 0 Å². The van der Waals surface area contributed by atoms with Gasteiger partial charge >= 0.3 is 0 Å². The Morgan fingerprint density at radius 1 is 1.05 bits per heavy atom. The quantitative estimate of drug-likeness (QED) is 0.752. The molecule has 1 heterocycles. The topological polar surface area (TPSA) is 24.9 Å². The lowest BCUT2D eigenvalue weighted by atomic mass is 10.1. The molecule has 0 saturated carbocycles. The van der Waals surface area contributed by atoms with Crippen LogP contribution in [0.2, 0.25) is 5.02 Å². The van der Waals surface area contributed by atoms with Gasteiger partial charge in [-0.1, -0.05) is 54.1 Å². The van der Waals surface area contributed by atoms with Gasteiger partial charge in [0.05, 0.1) is 5.52 Å². The Labute approximate surface area is 129 Å². The zero-order chi connectivity index (χ0) is 14.7. The summed E-state index contributed by atoms with van der Waals surface area (Å²) in [6, 6.07) is 18.5. The van der Waals surface area contributed by atoms with Gasteiger partial charge in [-0.2, -0.15) is 0 Å². The average molecular weight is 297 g/mol. The van der Waals surface area contributed by atoms with E-state index in [0.717, 1.165) is 22.6 Å². The van der Waals surface area contributed by atoms with E-state index >= 15 is 0 Å². The van der Waals surface area contributed by atoms with E-state index < -0.39 is 0 Å². The molecular weight excluding hydrogens is 280 g/mol. The summed E-state index contributed by atoms with van der Waals surface area (Å²) in [6.07, 6.45) is 1.84. The molecule has 0 fully saturated rings. The monoisotopic (exact) mass is 296 g/mol. The molecule has 106 valence electrons. The first kappa shape index (κ1) is 14.1. The van der Waals surface area contributed by atoms with E-state index in [2.05, 4.69) is 47.6 Å². The van der Waals surface area contributed by atoms with Gasteiger partial charge in [-0.05, 0) is 30.2 Å². The van der Waals surface area contributed by atoms with Crippen LogP contribution in [-0.4, -0.2) is 4.98 Å².